The zero-order valence-corrected chi connectivity index (χ0v) is 9.97. The maximum absolute atomic E-state index is 4.15. The van der Waals surface area contributed by atoms with Crippen molar-refractivity contribution in [2.75, 3.05) is 5.75 Å². The van der Waals surface area contributed by atoms with Gasteiger partial charge >= 0.3 is 0 Å². The summed E-state index contributed by atoms with van der Waals surface area (Å²) in [6.07, 6.45) is 4.17. The predicted octanol–water partition coefficient (Wildman–Crippen LogP) is 4.36. The van der Waals surface area contributed by atoms with Gasteiger partial charge in [-0.15, -0.1) is 11.3 Å². The third kappa shape index (κ3) is 2.74. The Morgan fingerprint density at radius 3 is 2.67 bits per heavy atom. The average Bonchev–Trinajstić information content (AvgIpc) is 2.76. The van der Waals surface area contributed by atoms with Crippen molar-refractivity contribution >= 4 is 30.0 Å². The minimum absolute atomic E-state index is 0.790. The van der Waals surface area contributed by atoms with Crippen molar-refractivity contribution in [2.24, 2.45) is 0 Å². The maximum Gasteiger partial charge on any atom is 0.0273 e. The fourth-order valence-electron chi connectivity index (χ4n) is 1.39. The van der Waals surface area contributed by atoms with Gasteiger partial charge in [0.1, 0.15) is 0 Å². The van der Waals surface area contributed by atoms with Crippen LogP contribution in [0.25, 0.3) is 17.2 Å². The number of benzene rings is 1. The Bertz CT molecular complexity index is 441. The Morgan fingerprint density at radius 1 is 1.13 bits per heavy atom. The second-order valence-corrected chi connectivity index (χ2v) is 4.50. The summed E-state index contributed by atoms with van der Waals surface area (Å²) in [6.45, 7) is 0. The molecule has 0 nitrogen and oxygen atoms in total. The van der Waals surface area contributed by atoms with Gasteiger partial charge in [-0.05, 0) is 28.6 Å². The summed E-state index contributed by atoms with van der Waals surface area (Å²) in [5.41, 5.74) is 2.57. The smallest absolute Gasteiger partial charge is 0.0273 e. The van der Waals surface area contributed by atoms with Gasteiger partial charge in [-0.1, -0.05) is 36.4 Å². The molecular weight excluding hydrogens is 220 g/mol. The topological polar surface area (TPSA) is 0 Å². The van der Waals surface area contributed by atoms with Crippen molar-refractivity contribution in [1.29, 1.82) is 0 Å². The maximum atomic E-state index is 4.15. The second kappa shape index (κ2) is 5.19. The van der Waals surface area contributed by atoms with Crippen LogP contribution in [0.1, 0.15) is 4.88 Å². The van der Waals surface area contributed by atoms with E-state index in [1.807, 2.05) is 6.07 Å². The van der Waals surface area contributed by atoms with Crippen LogP contribution in [0.15, 0.2) is 47.9 Å². The largest absolute Gasteiger partial charge is 0.175 e. The van der Waals surface area contributed by atoms with E-state index in [1.165, 1.54) is 16.0 Å². The van der Waals surface area contributed by atoms with E-state index in [9.17, 15) is 0 Å². The molecule has 1 aromatic heterocycles. The van der Waals surface area contributed by atoms with Gasteiger partial charge in [-0.3, -0.25) is 0 Å². The van der Waals surface area contributed by atoms with Crippen molar-refractivity contribution in [1.82, 2.24) is 0 Å². The Balaban J connectivity index is 2.24. The highest BCUT2D eigenvalue weighted by Crippen LogP contribution is 2.26. The van der Waals surface area contributed by atoms with E-state index in [0.717, 1.165) is 5.75 Å². The first-order valence-electron chi connectivity index (χ1n) is 4.81. The van der Waals surface area contributed by atoms with Crippen LogP contribution in [-0.4, -0.2) is 5.75 Å². The molecule has 0 bridgehead atoms. The number of hydrogen-bond acceptors (Lipinski definition) is 2. The summed E-state index contributed by atoms with van der Waals surface area (Å²) in [7, 11) is 0. The monoisotopic (exact) mass is 232 g/mol. The van der Waals surface area contributed by atoms with E-state index in [4.69, 9.17) is 0 Å². The van der Waals surface area contributed by atoms with Crippen LogP contribution in [0, 0.1) is 0 Å². The highest BCUT2D eigenvalue weighted by molar-refractivity contribution is 7.80. The van der Waals surface area contributed by atoms with E-state index in [2.05, 4.69) is 60.5 Å². The zero-order valence-electron chi connectivity index (χ0n) is 8.26. The van der Waals surface area contributed by atoms with Gasteiger partial charge in [0.2, 0.25) is 0 Å². The number of hydrogen-bond donors (Lipinski definition) is 1. The Kier molecular flexibility index (Phi) is 3.64. The van der Waals surface area contributed by atoms with Crippen LogP contribution < -0.4 is 0 Å². The molecule has 76 valence electrons. The molecule has 0 aliphatic heterocycles. The SMILES string of the molecule is SCC=Cc1cc(-c2ccccc2)cs1. The van der Waals surface area contributed by atoms with E-state index in [0.29, 0.717) is 0 Å². The van der Waals surface area contributed by atoms with Crippen molar-refractivity contribution in [2.45, 2.75) is 0 Å². The van der Waals surface area contributed by atoms with Crippen molar-refractivity contribution in [3.05, 3.63) is 52.7 Å². The van der Waals surface area contributed by atoms with E-state index in [-0.39, 0.29) is 0 Å². The van der Waals surface area contributed by atoms with Gasteiger partial charge < -0.3 is 0 Å². The van der Waals surface area contributed by atoms with Gasteiger partial charge in [0.05, 0.1) is 0 Å². The lowest BCUT2D eigenvalue weighted by atomic mass is 10.1. The number of rotatable bonds is 3. The molecule has 0 unspecified atom stereocenters. The summed E-state index contributed by atoms with van der Waals surface area (Å²) in [5.74, 6) is 0.790. The standard InChI is InChI=1S/C13H12S2/c14-8-4-7-13-9-12(10-15-13)11-5-2-1-3-6-11/h1-7,9-10,14H,8H2. The molecule has 1 aromatic carbocycles. The first-order valence-corrected chi connectivity index (χ1v) is 6.33. The quantitative estimate of drug-likeness (QED) is 0.747. The Labute approximate surface area is 99.7 Å². The van der Waals surface area contributed by atoms with Crippen molar-refractivity contribution in [3.8, 4) is 11.1 Å². The number of thiophene rings is 1. The highest BCUT2D eigenvalue weighted by atomic mass is 32.1. The molecule has 0 radical (unpaired) electrons. The molecule has 0 aliphatic carbocycles. The third-order valence-corrected chi connectivity index (χ3v) is 3.22. The molecule has 15 heavy (non-hydrogen) atoms. The molecular formula is C13H12S2. The van der Waals surface area contributed by atoms with Gasteiger partial charge in [0.25, 0.3) is 0 Å². The van der Waals surface area contributed by atoms with E-state index >= 15 is 0 Å². The van der Waals surface area contributed by atoms with Crippen LogP contribution >= 0.6 is 24.0 Å². The van der Waals surface area contributed by atoms with Crippen molar-refractivity contribution < 1.29 is 0 Å². The van der Waals surface area contributed by atoms with Gasteiger partial charge in [0, 0.05) is 10.6 Å². The van der Waals surface area contributed by atoms with E-state index < -0.39 is 0 Å². The second-order valence-electron chi connectivity index (χ2n) is 3.19. The van der Waals surface area contributed by atoms with Crippen LogP contribution in [-0.2, 0) is 0 Å². The minimum atomic E-state index is 0.790. The lowest BCUT2D eigenvalue weighted by Gasteiger charge is -1.94. The summed E-state index contributed by atoms with van der Waals surface area (Å²) in [5, 5.41) is 2.19. The van der Waals surface area contributed by atoms with Crippen LogP contribution in [0.4, 0.5) is 0 Å². The van der Waals surface area contributed by atoms with Crippen LogP contribution in [0.5, 0.6) is 0 Å². The molecule has 0 fully saturated rings. The zero-order chi connectivity index (χ0) is 10.5. The molecule has 0 saturated carbocycles. The van der Waals surface area contributed by atoms with Gasteiger partial charge in [0.15, 0.2) is 0 Å². The molecule has 2 aromatic rings. The molecule has 0 amide bonds. The summed E-state index contributed by atoms with van der Waals surface area (Å²) >= 11 is 5.91. The first-order chi connectivity index (χ1) is 7.40. The number of thiol groups is 1. The molecule has 0 atom stereocenters. The normalized spacial score (nSPS) is 11.0. The first kappa shape index (κ1) is 10.5. The molecule has 1 heterocycles. The minimum Gasteiger partial charge on any atom is -0.175 e. The lowest BCUT2D eigenvalue weighted by Crippen LogP contribution is -1.70. The Morgan fingerprint density at radius 2 is 1.93 bits per heavy atom. The molecule has 0 N–H and O–H groups in total. The molecule has 0 spiro atoms. The predicted molar refractivity (Wildman–Crippen MR) is 72.6 cm³/mol. The van der Waals surface area contributed by atoms with E-state index in [1.54, 1.807) is 11.3 Å². The van der Waals surface area contributed by atoms with Crippen LogP contribution in [0.3, 0.4) is 0 Å². The molecule has 0 aliphatic rings. The summed E-state index contributed by atoms with van der Waals surface area (Å²) in [6, 6.07) is 12.6. The summed E-state index contributed by atoms with van der Waals surface area (Å²) < 4.78 is 0. The fourth-order valence-corrected chi connectivity index (χ4v) is 2.33. The fraction of sp³-hybridized carbons (Fsp3) is 0.0769. The Hall–Kier alpha value is -0.990. The van der Waals surface area contributed by atoms with Crippen LogP contribution in [0.2, 0.25) is 0 Å². The third-order valence-electron chi connectivity index (χ3n) is 2.11. The van der Waals surface area contributed by atoms with Crippen molar-refractivity contribution in [3.63, 3.8) is 0 Å². The molecule has 0 saturated heterocycles. The van der Waals surface area contributed by atoms with Gasteiger partial charge in [-0.25, -0.2) is 0 Å². The molecule has 2 heteroatoms. The highest BCUT2D eigenvalue weighted by Gasteiger charge is 1.98. The summed E-state index contributed by atoms with van der Waals surface area (Å²) in [4.78, 5) is 1.28. The average molecular weight is 232 g/mol. The van der Waals surface area contributed by atoms with Gasteiger partial charge in [-0.2, -0.15) is 12.6 Å². The molecule has 2 rings (SSSR count). The lowest BCUT2D eigenvalue weighted by molar-refractivity contribution is 1.67.